The van der Waals surface area contributed by atoms with Crippen molar-refractivity contribution in [2.75, 3.05) is 5.32 Å². The van der Waals surface area contributed by atoms with Gasteiger partial charge in [-0.25, -0.2) is 9.37 Å². The largest absolute Gasteiger partial charge is 0.489 e. The molecular weight excluding hydrogens is 425 g/mol. The molecule has 4 heterocycles. The minimum Gasteiger partial charge on any atom is -0.489 e. The number of ether oxygens (including phenoxy) is 1. The number of nitrogens with one attached hydrogen (secondary N) is 1. The average molecular weight is 444 g/mol. The minimum absolute atomic E-state index is 0.219. The van der Waals surface area contributed by atoms with Crippen molar-refractivity contribution < 1.29 is 9.13 Å². The number of halogens is 1. The molecule has 1 saturated carbocycles. The monoisotopic (exact) mass is 443 g/mol. The number of aryl methyl sites for hydroxylation is 1. The van der Waals surface area contributed by atoms with Crippen molar-refractivity contribution in [1.29, 1.82) is 0 Å². The van der Waals surface area contributed by atoms with Crippen LogP contribution in [0.5, 0.6) is 5.75 Å². The molecule has 8 heteroatoms. The molecule has 2 aliphatic rings. The number of anilines is 1. The van der Waals surface area contributed by atoms with Gasteiger partial charge in [0.15, 0.2) is 5.65 Å². The summed E-state index contributed by atoms with van der Waals surface area (Å²) in [5.41, 5.74) is 5.56. The molecule has 1 aliphatic heterocycles. The van der Waals surface area contributed by atoms with E-state index in [4.69, 9.17) is 4.74 Å². The molecule has 1 fully saturated rings. The van der Waals surface area contributed by atoms with Crippen LogP contribution in [-0.2, 0) is 6.54 Å². The van der Waals surface area contributed by atoms with Crippen molar-refractivity contribution in [1.82, 2.24) is 19.6 Å². The summed E-state index contributed by atoms with van der Waals surface area (Å²) in [5.74, 6) is 1.48. The predicted octanol–water partition coefficient (Wildman–Crippen LogP) is 5.31. The predicted molar refractivity (Wildman–Crippen MR) is 122 cm³/mol. The Morgan fingerprint density at radius 3 is 3.16 bits per heavy atom. The van der Waals surface area contributed by atoms with Gasteiger partial charge < -0.3 is 10.1 Å². The number of hydrogen-bond acceptors (Lipinski definition) is 6. The maximum atomic E-state index is 14.7. The maximum absolute atomic E-state index is 14.7. The fraction of sp³-hybridized carbons (Fsp3) is 0.208. The van der Waals surface area contributed by atoms with Gasteiger partial charge in [0.1, 0.15) is 24.0 Å². The molecule has 158 valence electrons. The summed E-state index contributed by atoms with van der Waals surface area (Å²) in [5, 5.41) is 15.1. The van der Waals surface area contributed by atoms with E-state index in [1.807, 2.05) is 4.40 Å². The highest BCUT2D eigenvalue weighted by molar-refractivity contribution is 7.17. The van der Waals surface area contributed by atoms with Crippen LogP contribution < -0.4 is 10.1 Å². The van der Waals surface area contributed by atoms with Crippen molar-refractivity contribution in [3.8, 4) is 16.9 Å². The van der Waals surface area contributed by atoms with Crippen LogP contribution in [0.4, 0.5) is 10.3 Å². The van der Waals surface area contributed by atoms with E-state index in [0.717, 1.165) is 28.9 Å². The number of fused-ring (bicyclic) bond motifs is 5. The number of nitrogens with zero attached hydrogens (tertiary/aromatic N) is 4. The highest BCUT2D eigenvalue weighted by Gasteiger charge is 2.49. The highest BCUT2D eigenvalue weighted by Crippen LogP contribution is 2.55. The highest BCUT2D eigenvalue weighted by atomic mass is 32.1. The van der Waals surface area contributed by atoms with Gasteiger partial charge in [-0.1, -0.05) is 6.07 Å². The van der Waals surface area contributed by atoms with E-state index in [2.05, 4.69) is 51.0 Å². The number of hydrogen-bond donors (Lipinski definition) is 1. The minimum atomic E-state index is -0.219. The molecule has 7 rings (SSSR count). The summed E-state index contributed by atoms with van der Waals surface area (Å²) < 4.78 is 23.6. The zero-order valence-electron chi connectivity index (χ0n) is 17.2. The van der Waals surface area contributed by atoms with Crippen LogP contribution in [0.2, 0.25) is 0 Å². The van der Waals surface area contributed by atoms with E-state index in [9.17, 15) is 4.39 Å². The summed E-state index contributed by atoms with van der Waals surface area (Å²) >= 11 is 1.74. The summed E-state index contributed by atoms with van der Waals surface area (Å²) in [6, 6.07) is 9.61. The second-order valence-electron chi connectivity index (χ2n) is 8.44. The fourth-order valence-electron chi connectivity index (χ4n) is 4.72. The van der Waals surface area contributed by atoms with Crippen LogP contribution in [0, 0.1) is 12.7 Å². The first-order valence-corrected chi connectivity index (χ1v) is 11.4. The molecular formula is C24H18FN5OS. The lowest BCUT2D eigenvalue weighted by Gasteiger charge is -2.14. The van der Waals surface area contributed by atoms with Crippen molar-refractivity contribution >= 4 is 33.0 Å². The molecule has 32 heavy (non-hydrogen) atoms. The molecule has 2 atom stereocenters. The molecule has 3 aromatic heterocycles. The maximum Gasteiger partial charge on any atom is 0.210 e. The Morgan fingerprint density at radius 2 is 2.22 bits per heavy atom. The van der Waals surface area contributed by atoms with Gasteiger partial charge in [-0.2, -0.15) is 0 Å². The Morgan fingerprint density at radius 1 is 1.28 bits per heavy atom. The van der Waals surface area contributed by atoms with E-state index in [1.165, 1.54) is 21.7 Å². The van der Waals surface area contributed by atoms with Crippen LogP contribution in [0.1, 0.15) is 29.0 Å². The first-order chi connectivity index (χ1) is 15.7. The van der Waals surface area contributed by atoms with E-state index < -0.39 is 0 Å². The van der Waals surface area contributed by atoms with Crippen molar-refractivity contribution in [3.63, 3.8) is 0 Å². The standard InChI is InChI=1S/C24H18FN5OS/c1-12-10-32-21-5-2-13(6-14(12)21)16-8-26-24(30-11-28-29-23(16)30)27-9-17-18(25)3-4-19-22(17)15-7-20(15)31-19/h2-6,8,10-11,15,20H,7,9H2,1H3,(H,26,27)/t15-,20+/m0/s1. The van der Waals surface area contributed by atoms with E-state index in [0.29, 0.717) is 29.6 Å². The van der Waals surface area contributed by atoms with Crippen LogP contribution in [0.15, 0.2) is 48.2 Å². The Hall–Kier alpha value is -3.52. The molecule has 1 aliphatic carbocycles. The fourth-order valence-corrected chi connectivity index (χ4v) is 5.64. The summed E-state index contributed by atoms with van der Waals surface area (Å²) in [6.45, 7) is 2.44. The van der Waals surface area contributed by atoms with Crippen LogP contribution >= 0.6 is 11.3 Å². The van der Waals surface area contributed by atoms with Crippen molar-refractivity contribution in [2.24, 2.45) is 0 Å². The molecule has 6 nitrogen and oxygen atoms in total. The summed E-state index contributed by atoms with van der Waals surface area (Å²) in [7, 11) is 0. The van der Waals surface area contributed by atoms with E-state index >= 15 is 0 Å². The quantitative estimate of drug-likeness (QED) is 0.408. The summed E-state index contributed by atoms with van der Waals surface area (Å²) in [6.07, 6.45) is 4.63. The zero-order chi connectivity index (χ0) is 21.4. The second-order valence-corrected chi connectivity index (χ2v) is 9.35. The normalized spacial score (nSPS) is 18.6. The molecule has 2 aromatic carbocycles. The van der Waals surface area contributed by atoms with Gasteiger partial charge in [-0.15, -0.1) is 21.5 Å². The molecule has 0 bridgehead atoms. The van der Waals surface area contributed by atoms with Gasteiger partial charge in [-0.3, -0.25) is 4.40 Å². The number of thiophene rings is 1. The lowest BCUT2D eigenvalue weighted by molar-refractivity contribution is 0.318. The Balaban J connectivity index is 1.25. The van der Waals surface area contributed by atoms with Gasteiger partial charge in [0.2, 0.25) is 5.95 Å². The first kappa shape index (κ1) is 18.1. The average Bonchev–Trinajstić information content (AvgIpc) is 3.14. The van der Waals surface area contributed by atoms with Crippen molar-refractivity contribution in [2.45, 2.75) is 31.9 Å². The molecule has 5 aromatic rings. The molecule has 0 unspecified atom stereocenters. The van der Waals surface area contributed by atoms with Gasteiger partial charge >= 0.3 is 0 Å². The van der Waals surface area contributed by atoms with Gasteiger partial charge in [0.05, 0.1) is 0 Å². The van der Waals surface area contributed by atoms with Crippen LogP contribution in [0.3, 0.4) is 0 Å². The van der Waals surface area contributed by atoms with Crippen molar-refractivity contribution in [3.05, 3.63) is 70.7 Å². The molecule has 0 saturated heterocycles. The first-order valence-electron chi connectivity index (χ1n) is 10.6. The third kappa shape index (κ3) is 2.59. The van der Waals surface area contributed by atoms with Gasteiger partial charge in [0.25, 0.3) is 0 Å². The SMILES string of the molecule is Cc1csc2ccc(-c3cnc(NCc4c(F)ccc5c4[C@H]4C[C@H]4O5)n4cnnc34)cc12. The third-order valence-corrected chi connectivity index (χ3v) is 7.56. The Kier molecular flexibility index (Phi) is 3.67. The smallest absolute Gasteiger partial charge is 0.210 e. The van der Waals surface area contributed by atoms with Crippen LogP contribution in [-0.4, -0.2) is 25.7 Å². The molecule has 0 spiro atoms. The number of aromatic nitrogens is 4. The third-order valence-electron chi connectivity index (χ3n) is 6.48. The van der Waals surface area contributed by atoms with Gasteiger partial charge in [0, 0.05) is 40.0 Å². The number of rotatable bonds is 4. The van der Waals surface area contributed by atoms with E-state index in [1.54, 1.807) is 29.9 Å². The Bertz CT molecular complexity index is 1540. The topological polar surface area (TPSA) is 64.3 Å². The van der Waals surface area contributed by atoms with Gasteiger partial charge in [-0.05, 0) is 59.5 Å². The molecule has 1 N–H and O–H groups in total. The summed E-state index contributed by atoms with van der Waals surface area (Å²) in [4.78, 5) is 4.63. The van der Waals surface area contributed by atoms with Crippen LogP contribution in [0.25, 0.3) is 26.9 Å². The number of benzene rings is 2. The second kappa shape index (κ2) is 6.49. The Labute approximate surface area is 186 Å². The zero-order valence-corrected chi connectivity index (χ0v) is 18.0. The lowest BCUT2D eigenvalue weighted by atomic mass is 10.0. The molecule has 0 radical (unpaired) electrons. The molecule has 0 amide bonds. The van der Waals surface area contributed by atoms with E-state index in [-0.39, 0.29) is 11.9 Å². The lowest BCUT2D eigenvalue weighted by Crippen LogP contribution is -2.10.